The topological polar surface area (TPSA) is 65.9 Å². The number of aliphatic hydroxyl groups excluding tert-OH is 1. The summed E-state index contributed by atoms with van der Waals surface area (Å²) < 4.78 is 5.22. The molecule has 3 N–H and O–H groups in total. The number of benzene rings is 2. The first-order chi connectivity index (χ1) is 12.1. The van der Waals surface area contributed by atoms with Gasteiger partial charge in [0.05, 0.1) is 19.8 Å². The largest absolute Gasteiger partial charge is 0.497 e. The molecule has 1 unspecified atom stereocenters. The zero-order valence-electron chi connectivity index (χ0n) is 14.5. The Morgan fingerprint density at radius 2 is 1.96 bits per heavy atom. The molecular weight excluding hydrogens is 338 g/mol. The van der Waals surface area contributed by atoms with Crippen LogP contribution in [0.4, 0.5) is 0 Å². The standard InChI is InChI=1S/C19H24ClN3O2/c1-3-21-19(22-12-14-5-4-6-17(11-14)25-2)23-13-18(24)15-7-9-16(20)10-8-15/h4-11,18,24H,3,12-13H2,1-2H3,(H2,21,22,23). The summed E-state index contributed by atoms with van der Waals surface area (Å²) in [6.07, 6.45) is -0.641. The minimum atomic E-state index is -0.641. The Labute approximate surface area is 153 Å². The molecule has 0 radical (unpaired) electrons. The molecule has 0 bridgehead atoms. The highest BCUT2D eigenvalue weighted by Crippen LogP contribution is 2.16. The maximum Gasteiger partial charge on any atom is 0.191 e. The second kappa shape index (κ2) is 9.91. The van der Waals surface area contributed by atoms with Crippen molar-refractivity contribution in [2.75, 3.05) is 20.2 Å². The van der Waals surface area contributed by atoms with Crippen LogP contribution in [-0.2, 0) is 6.54 Å². The van der Waals surface area contributed by atoms with Crippen molar-refractivity contribution in [1.82, 2.24) is 10.6 Å². The van der Waals surface area contributed by atoms with E-state index in [0.29, 0.717) is 24.1 Å². The SMILES string of the molecule is CCNC(=NCc1cccc(OC)c1)NCC(O)c1ccc(Cl)cc1. The van der Waals surface area contributed by atoms with Crippen molar-refractivity contribution < 1.29 is 9.84 Å². The van der Waals surface area contributed by atoms with Gasteiger partial charge in [0.1, 0.15) is 5.75 Å². The lowest BCUT2D eigenvalue weighted by molar-refractivity contribution is 0.181. The molecule has 2 aromatic rings. The molecule has 0 aliphatic carbocycles. The molecule has 6 heteroatoms. The highest BCUT2D eigenvalue weighted by molar-refractivity contribution is 6.30. The van der Waals surface area contributed by atoms with Crippen LogP contribution in [0, 0.1) is 0 Å². The van der Waals surface area contributed by atoms with Crippen LogP contribution in [0.25, 0.3) is 0 Å². The van der Waals surface area contributed by atoms with Crippen molar-refractivity contribution in [3.63, 3.8) is 0 Å². The van der Waals surface area contributed by atoms with Crippen molar-refractivity contribution in [1.29, 1.82) is 0 Å². The molecule has 2 aromatic carbocycles. The van der Waals surface area contributed by atoms with Crippen LogP contribution in [0.2, 0.25) is 5.02 Å². The van der Waals surface area contributed by atoms with Crippen LogP contribution >= 0.6 is 11.6 Å². The van der Waals surface area contributed by atoms with Crippen molar-refractivity contribution >= 4 is 17.6 Å². The summed E-state index contributed by atoms with van der Waals surface area (Å²) in [6.45, 7) is 3.61. The molecule has 0 amide bonds. The number of ether oxygens (including phenoxy) is 1. The summed E-state index contributed by atoms with van der Waals surface area (Å²) in [4.78, 5) is 4.55. The maximum absolute atomic E-state index is 10.3. The smallest absolute Gasteiger partial charge is 0.191 e. The van der Waals surface area contributed by atoms with Crippen molar-refractivity contribution in [3.8, 4) is 5.75 Å². The van der Waals surface area contributed by atoms with E-state index in [-0.39, 0.29) is 0 Å². The Kier molecular flexibility index (Phi) is 7.57. The molecular formula is C19H24ClN3O2. The molecule has 134 valence electrons. The van der Waals surface area contributed by atoms with Gasteiger partial charge in [0, 0.05) is 18.1 Å². The minimum absolute atomic E-state index is 0.353. The number of nitrogens with one attached hydrogen (secondary N) is 2. The van der Waals surface area contributed by atoms with Crippen LogP contribution in [0.15, 0.2) is 53.5 Å². The molecule has 0 saturated heterocycles. The van der Waals surface area contributed by atoms with E-state index in [1.807, 2.05) is 43.3 Å². The lowest BCUT2D eigenvalue weighted by Crippen LogP contribution is -2.39. The van der Waals surface area contributed by atoms with E-state index in [1.54, 1.807) is 19.2 Å². The number of guanidine groups is 1. The van der Waals surface area contributed by atoms with Crippen LogP contribution in [0.3, 0.4) is 0 Å². The van der Waals surface area contributed by atoms with Gasteiger partial charge in [-0.3, -0.25) is 0 Å². The van der Waals surface area contributed by atoms with Crippen molar-refractivity contribution in [3.05, 3.63) is 64.7 Å². The number of aliphatic imine (C=N–C) groups is 1. The van der Waals surface area contributed by atoms with Crippen LogP contribution in [0.1, 0.15) is 24.2 Å². The highest BCUT2D eigenvalue weighted by atomic mass is 35.5. The van der Waals surface area contributed by atoms with Crippen LogP contribution in [0.5, 0.6) is 5.75 Å². The van der Waals surface area contributed by atoms with Crippen molar-refractivity contribution in [2.24, 2.45) is 4.99 Å². The number of rotatable bonds is 7. The lowest BCUT2D eigenvalue weighted by atomic mass is 10.1. The number of hydrogen-bond donors (Lipinski definition) is 3. The Balaban J connectivity index is 1.95. The molecule has 0 fully saturated rings. The molecule has 0 heterocycles. The first-order valence-electron chi connectivity index (χ1n) is 8.21. The second-order valence-electron chi connectivity index (χ2n) is 5.49. The first-order valence-corrected chi connectivity index (χ1v) is 8.58. The zero-order valence-corrected chi connectivity index (χ0v) is 15.3. The maximum atomic E-state index is 10.3. The molecule has 1 atom stereocenters. The summed E-state index contributed by atoms with van der Waals surface area (Å²) in [7, 11) is 1.64. The van der Waals surface area contributed by atoms with Gasteiger partial charge in [-0.25, -0.2) is 4.99 Å². The molecule has 0 aliphatic heterocycles. The molecule has 0 aliphatic rings. The van der Waals surface area contributed by atoms with Crippen LogP contribution < -0.4 is 15.4 Å². The van der Waals surface area contributed by atoms with E-state index in [2.05, 4.69) is 15.6 Å². The number of hydrogen-bond acceptors (Lipinski definition) is 3. The Bertz CT molecular complexity index is 689. The average Bonchev–Trinajstić information content (AvgIpc) is 2.64. The normalized spacial score (nSPS) is 12.6. The summed E-state index contributed by atoms with van der Waals surface area (Å²) in [5.74, 6) is 1.46. The Hall–Kier alpha value is -2.24. The van der Waals surface area contributed by atoms with Gasteiger partial charge in [0.15, 0.2) is 5.96 Å². The molecule has 5 nitrogen and oxygen atoms in total. The number of nitrogens with zero attached hydrogens (tertiary/aromatic N) is 1. The third-order valence-corrected chi connectivity index (χ3v) is 3.87. The monoisotopic (exact) mass is 361 g/mol. The Morgan fingerprint density at radius 3 is 2.64 bits per heavy atom. The van der Waals surface area contributed by atoms with Gasteiger partial charge in [0.25, 0.3) is 0 Å². The van der Waals surface area contributed by atoms with E-state index >= 15 is 0 Å². The van der Waals surface area contributed by atoms with Crippen molar-refractivity contribution in [2.45, 2.75) is 19.6 Å². The number of methoxy groups -OCH3 is 1. The zero-order chi connectivity index (χ0) is 18.1. The van der Waals surface area contributed by atoms with E-state index in [1.165, 1.54) is 0 Å². The van der Waals surface area contributed by atoms with Gasteiger partial charge in [-0.05, 0) is 42.3 Å². The van der Waals surface area contributed by atoms with E-state index in [0.717, 1.165) is 23.4 Å². The third kappa shape index (κ3) is 6.29. The lowest BCUT2D eigenvalue weighted by Gasteiger charge is -2.15. The van der Waals surface area contributed by atoms with E-state index in [4.69, 9.17) is 16.3 Å². The van der Waals surface area contributed by atoms with Gasteiger partial charge in [-0.2, -0.15) is 0 Å². The number of aliphatic hydroxyl groups is 1. The summed E-state index contributed by atoms with van der Waals surface area (Å²) in [5, 5.41) is 17.3. The molecule has 2 rings (SSSR count). The summed E-state index contributed by atoms with van der Waals surface area (Å²) in [5.41, 5.74) is 1.86. The fourth-order valence-corrected chi connectivity index (χ4v) is 2.41. The molecule has 25 heavy (non-hydrogen) atoms. The highest BCUT2D eigenvalue weighted by Gasteiger charge is 2.08. The predicted octanol–water partition coefficient (Wildman–Crippen LogP) is 3.14. The fourth-order valence-electron chi connectivity index (χ4n) is 2.28. The quantitative estimate of drug-likeness (QED) is 0.523. The third-order valence-electron chi connectivity index (χ3n) is 3.62. The Morgan fingerprint density at radius 1 is 1.20 bits per heavy atom. The molecule has 0 saturated carbocycles. The summed E-state index contributed by atoms with van der Waals surface area (Å²) >= 11 is 5.87. The van der Waals surface area contributed by atoms with Gasteiger partial charge in [-0.1, -0.05) is 35.9 Å². The van der Waals surface area contributed by atoms with Gasteiger partial charge in [0.2, 0.25) is 0 Å². The predicted molar refractivity (Wildman–Crippen MR) is 102 cm³/mol. The average molecular weight is 362 g/mol. The van der Waals surface area contributed by atoms with Gasteiger partial charge in [-0.15, -0.1) is 0 Å². The van der Waals surface area contributed by atoms with Gasteiger partial charge < -0.3 is 20.5 Å². The van der Waals surface area contributed by atoms with E-state index in [9.17, 15) is 5.11 Å². The van der Waals surface area contributed by atoms with E-state index < -0.39 is 6.10 Å². The number of halogens is 1. The fraction of sp³-hybridized carbons (Fsp3) is 0.316. The van der Waals surface area contributed by atoms with Gasteiger partial charge >= 0.3 is 0 Å². The van der Waals surface area contributed by atoms with Crippen LogP contribution in [-0.4, -0.2) is 31.3 Å². The first kappa shape index (κ1) is 19.1. The molecule has 0 spiro atoms. The molecule has 0 aromatic heterocycles. The second-order valence-corrected chi connectivity index (χ2v) is 5.93. The minimum Gasteiger partial charge on any atom is -0.497 e. The summed E-state index contributed by atoms with van der Waals surface area (Å²) in [6, 6.07) is 15.0.